The predicted molar refractivity (Wildman–Crippen MR) is 109 cm³/mol. The van der Waals surface area contributed by atoms with E-state index in [2.05, 4.69) is 36.2 Å². The summed E-state index contributed by atoms with van der Waals surface area (Å²) in [7, 11) is 2.17. The maximum absolute atomic E-state index is 13.3. The van der Waals surface area contributed by atoms with Gasteiger partial charge in [-0.2, -0.15) is 0 Å². The summed E-state index contributed by atoms with van der Waals surface area (Å²) >= 11 is 0. The van der Waals surface area contributed by atoms with Gasteiger partial charge in [0.2, 0.25) is 6.79 Å². The highest BCUT2D eigenvalue weighted by Crippen LogP contribution is 2.33. The third kappa shape index (κ3) is 4.47. The SMILES string of the molecule is CN1CCC[C@H](CN(CCc2ccccc2)C(=O)c2ccc3c(c2)OCO3)C1. The first-order chi connectivity index (χ1) is 13.7. The zero-order valence-electron chi connectivity index (χ0n) is 16.5. The summed E-state index contributed by atoms with van der Waals surface area (Å²) in [5.74, 6) is 1.96. The molecule has 0 unspecified atom stereocenters. The van der Waals surface area contributed by atoms with Gasteiger partial charge in [-0.05, 0) is 62.5 Å². The summed E-state index contributed by atoms with van der Waals surface area (Å²) < 4.78 is 10.8. The van der Waals surface area contributed by atoms with Crippen LogP contribution < -0.4 is 9.47 Å². The highest BCUT2D eigenvalue weighted by atomic mass is 16.7. The summed E-state index contributed by atoms with van der Waals surface area (Å²) in [4.78, 5) is 17.7. The first-order valence-electron chi connectivity index (χ1n) is 10.1. The number of nitrogens with zero attached hydrogens (tertiary/aromatic N) is 2. The second kappa shape index (κ2) is 8.65. The van der Waals surface area contributed by atoms with Crippen molar-refractivity contribution < 1.29 is 14.3 Å². The topological polar surface area (TPSA) is 42.0 Å². The van der Waals surface area contributed by atoms with E-state index in [9.17, 15) is 4.79 Å². The van der Waals surface area contributed by atoms with Gasteiger partial charge in [-0.15, -0.1) is 0 Å². The minimum atomic E-state index is 0.0717. The Bertz CT molecular complexity index is 809. The number of fused-ring (bicyclic) bond motifs is 1. The fourth-order valence-electron chi connectivity index (χ4n) is 4.13. The number of benzene rings is 2. The number of hydrogen-bond acceptors (Lipinski definition) is 4. The summed E-state index contributed by atoms with van der Waals surface area (Å²) in [6, 6.07) is 15.9. The van der Waals surface area contributed by atoms with E-state index in [4.69, 9.17) is 9.47 Å². The summed E-state index contributed by atoms with van der Waals surface area (Å²) in [6.07, 6.45) is 3.24. The van der Waals surface area contributed by atoms with Crippen LogP contribution in [0.1, 0.15) is 28.8 Å². The van der Waals surface area contributed by atoms with Crippen molar-refractivity contribution in [2.75, 3.05) is 40.0 Å². The summed E-state index contributed by atoms with van der Waals surface area (Å²) in [6.45, 7) is 3.94. The number of ether oxygens (including phenoxy) is 2. The Morgan fingerprint density at radius 3 is 2.79 bits per heavy atom. The van der Waals surface area contributed by atoms with Crippen molar-refractivity contribution in [1.82, 2.24) is 9.80 Å². The van der Waals surface area contributed by atoms with Crippen LogP contribution in [0.15, 0.2) is 48.5 Å². The number of hydrogen-bond donors (Lipinski definition) is 0. The summed E-state index contributed by atoms with van der Waals surface area (Å²) in [5, 5.41) is 0. The van der Waals surface area contributed by atoms with Crippen LogP contribution in [-0.4, -0.2) is 55.7 Å². The lowest BCUT2D eigenvalue weighted by Crippen LogP contribution is -2.42. The second-order valence-corrected chi connectivity index (χ2v) is 7.83. The van der Waals surface area contributed by atoms with Crippen LogP contribution in [0.25, 0.3) is 0 Å². The van der Waals surface area contributed by atoms with E-state index in [1.54, 1.807) is 0 Å². The molecule has 2 heterocycles. The maximum Gasteiger partial charge on any atom is 0.254 e. The largest absolute Gasteiger partial charge is 0.454 e. The number of rotatable bonds is 6. The third-order valence-electron chi connectivity index (χ3n) is 5.62. The molecule has 5 heteroatoms. The van der Waals surface area contributed by atoms with Gasteiger partial charge >= 0.3 is 0 Å². The fraction of sp³-hybridized carbons (Fsp3) is 0.435. The molecule has 0 bridgehead atoms. The van der Waals surface area contributed by atoms with Gasteiger partial charge in [-0.25, -0.2) is 0 Å². The molecular formula is C23H28N2O3. The average molecular weight is 380 g/mol. The average Bonchev–Trinajstić information content (AvgIpc) is 3.19. The minimum Gasteiger partial charge on any atom is -0.454 e. The standard InChI is InChI=1S/C23H28N2O3/c1-24-12-5-8-19(15-24)16-25(13-11-18-6-3-2-4-7-18)23(26)20-9-10-21-22(14-20)28-17-27-21/h2-4,6-7,9-10,14,19H,5,8,11-13,15-17H2,1H3/t19-/m0/s1. The smallest absolute Gasteiger partial charge is 0.254 e. The van der Waals surface area contributed by atoms with Gasteiger partial charge in [-0.3, -0.25) is 4.79 Å². The van der Waals surface area contributed by atoms with Gasteiger partial charge in [0.25, 0.3) is 5.91 Å². The molecule has 2 aromatic rings. The maximum atomic E-state index is 13.3. The number of piperidine rings is 1. The molecule has 0 aromatic heterocycles. The first-order valence-corrected chi connectivity index (χ1v) is 10.1. The molecule has 2 aromatic carbocycles. The molecule has 0 N–H and O–H groups in total. The van der Waals surface area contributed by atoms with Crippen molar-refractivity contribution in [3.63, 3.8) is 0 Å². The van der Waals surface area contributed by atoms with Gasteiger partial charge in [0.15, 0.2) is 11.5 Å². The molecule has 2 aliphatic rings. The molecule has 5 nitrogen and oxygen atoms in total. The number of amides is 1. The number of carbonyl (C=O) groups excluding carboxylic acids is 1. The monoisotopic (exact) mass is 380 g/mol. The molecule has 1 amide bonds. The molecule has 28 heavy (non-hydrogen) atoms. The number of carbonyl (C=O) groups is 1. The molecular weight excluding hydrogens is 352 g/mol. The van der Waals surface area contributed by atoms with E-state index >= 15 is 0 Å². The van der Waals surface area contributed by atoms with Crippen LogP contribution in [0, 0.1) is 5.92 Å². The van der Waals surface area contributed by atoms with E-state index in [1.807, 2.05) is 29.2 Å². The predicted octanol–water partition coefficient (Wildman–Crippen LogP) is 3.44. The van der Waals surface area contributed by atoms with Gasteiger partial charge < -0.3 is 19.3 Å². The quantitative estimate of drug-likeness (QED) is 0.770. The lowest BCUT2D eigenvalue weighted by atomic mass is 9.97. The molecule has 148 valence electrons. The van der Waals surface area contributed by atoms with E-state index in [-0.39, 0.29) is 12.7 Å². The van der Waals surface area contributed by atoms with Crippen molar-refractivity contribution in [1.29, 1.82) is 0 Å². The van der Waals surface area contributed by atoms with Crippen molar-refractivity contribution in [2.45, 2.75) is 19.3 Å². The van der Waals surface area contributed by atoms with Crippen molar-refractivity contribution in [3.05, 3.63) is 59.7 Å². The molecule has 0 spiro atoms. The second-order valence-electron chi connectivity index (χ2n) is 7.83. The first kappa shape index (κ1) is 18.8. The lowest BCUT2D eigenvalue weighted by Gasteiger charge is -2.34. The van der Waals surface area contributed by atoms with Gasteiger partial charge in [0.1, 0.15) is 0 Å². The molecule has 1 atom stereocenters. The molecule has 0 aliphatic carbocycles. The Hall–Kier alpha value is -2.53. The van der Waals surface area contributed by atoms with E-state index in [1.165, 1.54) is 18.4 Å². The Morgan fingerprint density at radius 2 is 1.96 bits per heavy atom. The molecule has 2 aliphatic heterocycles. The van der Waals surface area contributed by atoms with Crippen LogP contribution >= 0.6 is 0 Å². The van der Waals surface area contributed by atoms with Crippen LogP contribution in [0.2, 0.25) is 0 Å². The normalized spacial score (nSPS) is 18.8. The summed E-state index contributed by atoms with van der Waals surface area (Å²) in [5.41, 5.74) is 1.92. The molecule has 0 radical (unpaired) electrons. The van der Waals surface area contributed by atoms with Crippen molar-refractivity contribution >= 4 is 5.91 Å². The lowest BCUT2D eigenvalue weighted by molar-refractivity contribution is 0.0693. The Labute approximate surface area is 166 Å². The van der Waals surface area contributed by atoms with Crippen molar-refractivity contribution in [3.8, 4) is 11.5 Å². The highest BCUT2D eigenvalue weighted by Gasteiger charge is 2.25. The van der Waals surface area contributed by atoms with Crippen LogP contribution in [-0.2, 0) is 6.42 Å². The number of likely N-dealkylation sites (tertiary alicyclic amines) is 1. The van der Waals surface area contributed by atoms with Gasteiger partial charge in [0, 0.05) is 25.2 Å². The zero-order valence-corrected chi connectivity index (χ0v) is 16.5. The van der Waals surface area contributed by atoms with Gasteiger partial charge in [0.05, 0.1) is 0 Å². The Kier molecular flexibility index (Phi) is 5.81. The van der Waals surface area contributed by atoms with E-state index < -0.39 is 0 Å². The van der Waals surface area contributed by atoms with Crippen LogP contribution in [0.3, 0.4) is 0 Å². The van der Waals surface area contributed by atoms with Gasteiger partial charge in [-0.1, -0.05) is 30.3 Å². The third-order valence-corrected chi connectivity index (χ3v) is 5.62. The minimum absolute atomic E-state index is 0.0717. The van der Waals surface area contributed by atoms with E-state index in [0.717, 1.165) is 32.6 Å². The molecule has 0 saturated carbocycles. The fourth-order valence-corrected chi connectivity index (χ4v) is 4.13. The molecule has 4 rings (SSSR count). The van der Waals surface area contributed by atoms with Crippen molar-refractivity contribution in [2.24, 2.45) is 5.92 Å². The Balaban J connectivity index is 1.50. The molecule has 1 saturated heterocycles. The van der Waals surface area contributed by atoms with Crippen LogP contribution in [0.4, 0.5) is 0 Å². The zero-order chi connectivity index (χ0) is 19.3. The van der Waals surface area contributed by atoms with Crippen LogP contribution in [0.5, 0.6) is 11.5 Å². The molecule has 1 fully saturated rings. The Morgan fingerprint density at radius 1 is 1.14 bits per heavy atom. The van der Waals surface area contributed by atoms with E-state index in [0.29, 0.717) is 23.0 Å². The highest BCUT2D eigenvalue weighted by molar-refractivity contribution is 5.95.